The quantitative estimate of drug-likeness (QED) is 0.756. The van der Waals surface area contributed by atoms with Crippen LogP contribution in [0.3, 0.4) is 0 Å². The molecule has 2 aliphatic rings. The maximum Gasteiger partial charge on any atom is 0.0739 e. The number of aromatic nitrogens is 1. The lowest BCUT2D eigenvalue weighted by molar-refractivity contribution is 0.425. The Balaban J connectivity index is 2.00. The summed E-state index contributed by atoms with van der Waals surface area (Å²) in [5.74, 6) is 0.521. The zero-order valence-corrected chi connectivity index (χ0v) is 15.0. The Morgan fingerprint density at radius 3 is 2.83 bits per heavy atom. The lowest BCUT2D eigenvalue weighted by atomic mass is 9.82. The van der Waals surface area contributed by atoms with Gasteiger partial charge in [0.1, 0.15) is 0 Å². The Morgan fingerprint density at radius 2 is 1.96 bits per heavy atom. The minimum atomic E-state index is 0.509. The van der Waals surface area contributed by atoms with Gasteiger partial charge in [0, 0.05) is 29.4 Å². The van der Waals surface area contributed by atoms with Crippen molar-refractivity contribution in [3.63, 3.8) is 0 Å². The molecule has 0 radical (unpaired) electrons. The van der Waals surface area contributed by atoms with Crippen LogP contribution in [0.5, 0.6) is 0 Å². The fraction of sp³-hybridized carbons (Fsp3) is 0.381. The van der Waals surface area contributed by atoms with Gasteiger partial charge in [-0.1, -0.05) is 36.2 Å². The third-order valence-corrected chi connectivity index (χ3v) is 5.58. The minimum Gasteiger partial charge on any atom is -0.313 e. The molecule has 2 atom stereocenters. The Bertz CT molecular complexity index is 809. The second kappa shape index (κ2) is 6.34. The Labute approximate surface area is 149 Å². The first-order valence-electron chi connectivity index (χ1n) is 8.83. The molecular weight excluding hydrogens is 316 g/mol. The van der Waals surface area contributed by atoms with E-state index in [0.29, 0.717) is 12.0 Å². The summed E-state index contributed by atoms with van der Waals surface area (Å²) < 4.78 is 0. The highest BCUT2D eigenvalue weighted by Crippen LogP contribution is 2.39. The minimum absolute atomic E-state index is 0.509. The van der Waals surface area contributed by atoms with E-state index < -0.39 is 0 Å². The van der Waals surface area contributed by atoms with Gasteiger partial charge in [-0.05, 0) is 67.0 Å². The molecule has 2 aromatic rings. The van der Waals surface area contributed by atoms with Gasteiger partial charge < -0.3 is 5.32 Å². The Morgan fingerprint density at radius 1 is 1.12 bits per heavy atom. The predicted molar refractivity (Wildman–Crippen MR) is 100 cm³/mol. The highest BCUT2D eigenvalue weighted by Gasteiger charge is 2.28. The number of hydrogen-bond donors (Lipinski definition) is 1. The maximum absolute atomic E-state index is 6.28. The Hall–Kier alpha value is -1.64. The topological polar surface area (TPSA) is 24.9 Å². The molecule has 2 nitrogen and oxygen atoms in total. The van der Waals surface area contributed by atoms with Crippen LogP contribution in [-0.2, 0) is 12.8 Å². The molecule has 2 heterocycles. The second-order valence-electron chi connectivity index (χ2n) is 7.13. The van der Waals surface area contributed by atoms with Crippen LogP contribution < -0.4 is 5.32 Å². The number of aryl methyl sites for hydroxylation is 2. The van der Waals surface area contributed by atoms with Crippen molar-refractivity contribution in [1.29, 1.82) is 0 Å². The van der Waals surface area contributed by atoms with E-state index in [0.717, 1.165) is 30.8 Å². The molecule has 0 spiro atoms. The normalized spacial score (nSPS) is 26.5. The van der Waals surface area contributed by atoms with Crippen LogP contribution in [0.25, 0.3) is 5.57 Å². The third-order valence-electron chi connectivity index (χ3n) is 5.34. The number of fused-ring (bicyclic) bond motifs is 2. The highest BCUT2D eigenvalue weighted by atomic mass is 35.5. The first kappa shape index (κ1) is 15.9. The standard InChI is InChI=1S/C21H23ClN2/c1-13-12-24-14(2)10-19(13)20-18-8-7-17(22)11-16(18)6-5-15-4-3-9-23-21(15)20/h3-4,7-9,11,13-14,24H,5-6,10,12H2,1-2H3/b20-19-. The molecule has 1 aliphatic carbocycles. The average molecular weight is 339 g/mol. The number of piperidine rings is 1. The van der Waals surface area contributed by atoms with Crippen LogP contribution in [0, 0.1) is 5.92 Å². The van der Waals surface area contributed by atoms with Crippen molar-refractivity contribution in [2.45, 2.75) is 39.2 Å². The fourth-order valence-electron chi connectivity index (χ4n) is 4.05. The molecule has 1 fully saturated rings. The summed E-state index contributed by atoms with van der Waals surface area (Å²) >= 11 is 6.28. The van der Waals surface area contributed by atoms with E-state index in [4.69, 9.17) is 16.6 Å². The molecule has 3 heteroatoms. The van der Waals surface area contributed by atoms with Crippen molar-refractivity contribution in [1.82, 2.24) is 10.3 Å². The number of pyridine rings is 1. The van der Waals surface area contributed by atoms with Gasteiger partial charge in [-0.2, -0.15) is 0 Å². The summed E-state index contributed by atoms with van der Waals surface area (Å²) in [4.78, 5) is 4.81. The zero-order valence-electron chi connectivity index (χ0n) is 14.3. The van der Waals surface area contributed by atoms with E-state index in [9.17, 15) is 0 Å². The van der Waals surface area contributed by atoms with Crippen LogP contribution in [0.1, 0.15) is 42.7 Å². The van der Waals surface area contributed by atoms with Gasteiger partial charge in [-0.15, -0.1) is 0 Å². The summed E-state index contributed by atoms with van der Waals surface area (Å²) in [7, 11) is 0. The molecule has 1 aromatic heterocycles. The van der Waals surface area contributed by atoms with Crippen molar-refractivity contribution in [3.05, 3.63) is 69.5 Å². The van der Waals surface area contributed by atoms with Gasteiger partial charge in [0.15, 0.2) is 0 Å². The molecule has 1 aliphatic heterocycles. The largest absolute Gasteiger partial charge is 0.313 e. The van der Waals surface area contributed by atoms with Crippen molar-refractivity contribution >= 4 is 17.2 Å². The second-order valence-corrected chi connectivity index (χ2v) is 7.56. The molecule has 0 saturated carbocycles. The molecule has 4 rings (SSSR count). The summed E-state index contributed by atoms with van der Waals surface area (Å²) in [5.41, 5.74) is 8.09. The van der Waals surface area contributed by atoms with Crippen molar-refractivity contribution in [2.24, 2.45) is 5.92 Å². The molecule has 1 saturated heterocycles. The first-order chi connectivity index (χ1) is 11.6. The zero-order chi connectivity index (χ0) is 16.7. The average Bonchev–Trinajstić information content (AvgIpc) is 2.74. The van der Waals surface area contributed by atoms with Gasteiger partial charge in [-0.25, -0.2) is 0 Å². The number of rotatable bonds is 0. The number of nitrogens with one attached hydrogen (secondary N) is 1. The molecule has 124 valence electrons. The number of nitrogens with zero attached hydrogens (tertiary/aromatic N) is 1. The summed E-state index contributed by atoms with van der Waals surface area (Å²) in [6.07, 6.45) is 5.05. The maximum atomic E-state index is 6.28. The molecule has 2 unspecified atom stereocenters. The van der Waals surface area contributed by atoms with E-state index in [1.165, 1.54) is 33.5 Å². The van der Waals surface area contributed by atoms with E-state index in [-0.39, 0.29) is 0 Å². The lowest BCUT2D eigenvalue weighted by Gasteiger charge is -2.31. The molecule has 24 heavy (non-hydrogen) atoms. The number of hydrogen-bond acceptors (Lipinski definition) is 2. The molecule has 0 amide bonds. The summed E-state index contributed by atoms with van der Waals surface area (Å²) in [6, 6.07) is 11.1. The third kappa shape index (κ3) is 2.78. The highest BCUT2D eigenvalue weighted by molar-refractivity contribution is 6.30. The molecule has 0 bridgehead atoms. The summed E-state index contributed by atoms with van der Waals surface area (Å²) in [5, 5.41) is 4.42. The Kier molecular flexibility index (Phi) is 4.19. The molecular formula is C21H23ClN2. The fourth-order valence-corrected chi connectivity index (χ4v) is 4.25. The van der Waals surface area contributed by atoms with E-state index >= 15 is 0 Å². The first-order valence-corrected chi connectivity index (χ1v) is 9.20. The van der Waals surface area contributed by atoms with Crippen LogP contribution in [0.4, 0.5) is 0 Å². The van der Waals surface area contributed by atoms with Gasteiger partial charge >= 0.3 is 0 Å². The number of halogens is 1. The smallest absolute Gasteiger partial charge is 0.0739 e. The lowest BCUT2D eigenvalue weighted by Crippen LogP contribution is -2.37. The van der Waals surface area contributed by atoms with Gasteiger partial charge in [0.2, 0.25) is 0 Å². The van der Waals surface area contributed by atoms with E-state index in [1.807, 2.05) is 12.3 Å². The van der Waals surface area contributed by atoms with Crippen molar-refractivity contribution in [2.75, 3.05) is 6.54 Å². The van der Waals surface area contributed by atoms with Crippen LogP contribution in [-0.4, -0.2) is 17.6 Å². The van der Waals surface area contributed by atoms with Crippen molar-refractivity contribution < 1.29 is 0 Å². The van der Waals surface area contributed by atoms with Gasteiger partial charge in [0.05, 0.1) is 5.69 Å². The molecule has 1 aromatic carbocycles. The van der Waals surface area contributed by atoms with Crippen LogP contribution >= 0.6 is 11.6 Å². The van der Waals surface area contributed by atoms with E-state index in [2.05, 4.69) is 43.4 Å². The predicted octanol–water partition coefficient (Wildman–Crippen LogP) is 4.65. The SMILES string of the molecule is CC1C/C(=C2\c3ccc(Cl)cc3CCc3cccnc32)C(C)CN1. The monoisotopic (exact) mass is 338 g/mol. The number of benzene rings is 1. The van der Waals surface area contributed by atoms with Crippen LogP contribution in [0.2, 0.25) is 5.02 Å². The summed E-state index contributed by atoms with van der Waals surface area (Å²) in [6.45, 7) is 5.63. The molecule has 1 N–H and O–H groups in total. The van der Waals surface area contributed by atoms with E-state index in [1.54, 1.807) is 0 Å². The van der Waals surface area contributed by atoms with Crippen LogP contribution in [0.15, 0.2) is 42.1 Å². The van der Waals surface area contributed by atoms with Gasteiger partial charge in [0.25, 0.3) is 0 Å². The van der Waals surface area contributed by atoms with Crippen molar-refractivity contribution in [3.8, 4) is 0 Å². The van der Waals surface area contributed by atoms with Gasteiger partial charge in [-0.3, -0.25) is 4.98 Å².